The van der Waals surface area contributed by atoms with Crippen molar-refractivity contribution in [3.05, 3.63) is 40.5 Å². The molecule has 0 fully saturated rings. The van der Waals surface area contributed by atoms with Crippen LogP contribution in [0.15, 0.2) is 28.9 Å². The fourth-order valence-corrected chi connectivity index (χ4v) is 1.57. The van der Waals surface area contributed by atoms with Gasteiger partial charge in [-0.15, -0.1) is 0 Å². The number of pyridine rings is 1. The van der Waals surface area contributed by atoms with E-state index in [1.165, 1.54) is 5.56 Å². The molecule has 0 saturated heterocycles. The van der Waals surface area contributed by atoms with Crippen LogP contribution in [0, 0.1) is 13.0 Å². The maximum atomic E-state index is 4.31. The molecule has 59 valence electrons. The Balaban J connectivity index is 2.86. The number of hydrogen-bond acceptors (Lipinski definition) is 1. The van der Waals surface area contributed by atoms with Crippen LogP contribution in [-0.4, -0.2) is 4.98 Å². The van der Waals surface area contributed by atoms with Gasteiger partial charge in [0, 0.05) is 16.1 Å². The van der Waals surface area contributed by atoms with Crippen molar-refractivity contribution in [3.63, 3.8) is 0 Å². The fraction of sp³-hybridized carbons (Fsp3) is 0.100. The first-order valence-corrected chi connectivity index (χ1v) is 4.48. The maximum Gasteiger partial charge on any atom is 0.0732 e. The lowest BCUT2D eigenvalue weighted by Gasteiger charge is -1.99. The summed E-state index contributed by atoms with van der Waals surface area (Å²) in [6.07, 6.45) is 1.81. The SMILES string of the molecule is Cc1c[c]cc2cc(Br)cnc12. The van der Waals surface area contributed by atoms with Crippen LogP contribution in [-0.2, 0) is 0 Å². The molecule has 1 radical (unpaired) electrons. The monoisotopic (exact) mass is 220 g/mol. The highest BCUT2D eigenvalue weighted by Crippen LogP contribution is 2.18. The summed E-state index contributed by atoms with van der Waals surface area (Å²) in [5.74, 6) is 0. The smallest absolute Gasteiger partial charge is 0.0732 e. The Morgan fingerprint density at radius 1 is 1.42 bits per heavy atom. The molecular formula is C10H7BrN. The molecule has 0 atom stereocenters. The number of rotatable bonds is 0. The third kappa shape index (κ3) is 1.23. The van der Waals surface area contributed by atoms with Crippen LogP contribution in [0.4, 0.5) is 0 Å². The minimum absolute atomic E-state index is 1.01. The lowest BCUT2D eigenvalue weighted by Crippen LogP contribution is -1.82. The Hall–Kier alpha value is -0.890. The van der Waals surface area contributed by atoms with Crippen LogP contribution in [0.5, 0.6) is 0 Å². The van der Waals surface area contributed by atoms with Crippen molar-refractivity contribution in [3.8, 4) is 0 Å². The van der Waals surface area contributed by atoms with E-state index in [9.17, 15) is 0 Å². The molecule has 12 heavy (non-hydrogen) atoms. The zero-order valence-corrected chi connectivity index (χ0v) is 8.22. The van der Waals surface area contributed by atoms with Crippen LogP contribution >= 0.6 is 15.9 Å². The topological polar surface area (TPSA) is 12.9 Å². The van der Waals surface area contributed by atoms with Gasteiger partial charge in [0.05, 0.1) is 5.52 Å². The van der Waals surface area contributed by atoms with Gasteiger partial charge in [0.2, 0.25) is 0 Å². The number of hydrogen-bond donors (Lipinski definition) is 0. The first-order chi connectivity index (χ1) is 5.77. The van der Waals surface area contributed by atoms with Gasteiger partial charge < -0.3 is 0 Å². The lowest BCUT2D eigenvalue weighted by atomic mass is 10.1. The summed E-state index contributed by atoms with van der Waals surface area (Å²) in [5.41, 5.74) is 2.22. The van der Waals surface area contributed by atoms with Gasteiger partial charge in [0.1, 0.15) is 0 Å². The average molecular weight is 221 g/mol. The molecule has 0 bridgehead atoms. The molecule has 1 nitrogen and oxygen atoms in total. The minimum atomic E-state index is 1.01. The van der Waals surface area contributed by atoms with Crippen molar-refractivity contribution in [2.24, 2.45) is 0 Å². The molecule has 0 aliphatic carbocycles. The molecule has 0 unspecified atom stereocenters. The molecule has 2 rings (SSSR count). The average Bonchev–Trinajstić information content (AvgIpc) is 2.04. The van der Waals surface area contributed by atoms with Crippen molar-refractivity contribution < 1.29 is 0 Å². The van der Waals surface area contributed by atoms with Crippen LogP contribution in [0.3, 0.4) is 0 Å². The van der Waals surface area contributed by atoms with E-state index in [1.807, 2.05) is 31.3 Å². The van der Waals surface area contributed by atoms with Gasteiger partial charge in [-0.2, -0.15) is 0 Å². The molecule has 2 aromatic rings. The first-order valence-electron chi connectivity index (χ1n) is 3.69. The van der Waals surface area contributed by atoms with Crippen LogP contribution in [0.1, 0.15) is 5.56 Å². The van der Waals surface area contributed by atoms with Crippen molar-refractivity contribution in [1.82, 2.24) is 4.98 Å². The van der Waals surface area contributed by atoms with E-state index in [4.69, 9.17) is 0 Å². The number of benzene rings is 1. The Labute approximate surface area is 79.6 Å². The van der Waals surface area contributed by atoms with Gasteiger partial charge in [0.15, 0.2) is 0 Å². The van der Waals surface area contributed by atoms with Gasteiger partial charge in [-0.25, -0.2) is 0 Å². The van der Waals surface area contributed by atoms with Gasteiger partial charge in [-0.1, -0.05) is 0 Å². The number of aryl methyl sites for hydroxylation is 1. The van der Waals surface area contributed by atoms with Crippen LogP contribution in [0.2, 0.25) is 0 Å². The van der Waals surface area contributed by atoms with Gasteiger partial charge in [0.25, 0.3) is 0 Å². The highest BCUT2D eigenvalue weighted by molar-refractivity contribution is 9.10. The van der Waals surface area contributed by atoms with Gasteiger partial charge >= 0.3 is 0 Å². The Morgan fingerprint density at radius 3 is 3.08 bits per heavy atom. The van der Waals surface area contributed by atoms with E-state index in [0.29, 0.717) is 0 Å². The minimum Gasteiger partial charge on any atom is -0.255 e. The van der Waals surface area contributed by atoms with E-state index in [0.717, 1.165) is 15.4 Å². The molecule has 2 heteroatoms. The third-order valence-electron chi connectivity index (χ3n) is 1.80. The summed E-state index contributed by atoms with van der Waals surface area (Å²) in [5, 5.41) is 1.13. The molecule has 1 heterocycles. The van der Waals surface area contributed by atoms with Gasteiger partial charge in [-0.05, 0) is 52.7 Å². The highest BCUT2D eigenvalue weighted by Gasteiger charge is 1.97. The Kier molecular flexibility index (Phi) is 1.85. The summed E-state index contributed by atoms with van der Waals surface area (Å²) < 4.78 is 1.01. The molecule has 1 aromatic carbocycles. The first kappa shape index (κ1) is 7.74. The summed E-state index contributed by atoms with van der Waals surface area (Å²) in [7, 11) is 0. The summed E-state index contributed by atoms with van der Waals surface area (Å²) in [6, 6.07) is 9.01. The Morgan fingerprint density at radius 2 is 2.25 bits per heavy atom. The zero-order chi connectivity index (χ0) is 8.55. The summed E-state index contributed by atoms with van der Waals surface area (Å²) >= 11 is 3.38. The highest BCUT2D eigenvalue weighted by atomic mass is 79.9. The molecule has 0 aliphatic heterocycles. The van der Waals surface area contributed by atoms with Crippen LogP contribution in [0.25, 0.3) is 10.9 Å². The molecule has 1 aromatic heterocycles. The van der Waals surface area contributed by atoms with Crippen molar-refractivity contribution in [1.29, 1.82) is 0 Å². The summed E-state index contributed by atoms with van der Waals surface area (Å²) in [6.45, 7) is 2.04. The molecule has 0 amide bonds. The Bertz CT molecular complexity index is 423. The van der Waals surface area contributed by atoms with E-state index in [-0.39, 0.29) is 0 Å². The predicted molar refractivity (Wildman–Crippen MR) is 53.0 cm³/mol. The lowest BCUT2D eigenvalue weighted by molar-refractivity contribution is 1.35. The zero-order valence-electron chi connectivity index (χ0n) is 6.63. The molecule has 0 saturated carbocycles. The summed E-state index contributed by atoms with van der Waals surface area (Å²) in [4.78, 5) is 4.31. The van der Waals surface area contributed by atoms with Gasteiger partial charge in [-0.3, -0.25) is 4.98 Å². The second kappa shape index (κ2) is 2.87. The number of fused-ring (bicyclic) bond motifs is 1. The van der Waals surface area contributed by atoms with E-state index in [2.05, 4.69) is 27.0 Å². The van der Waals surface area contributed by atoms with Crippen molar-refractivity contribution >= 4 is 26.8 Å². The van der Waals surface area contributed by atoms with E-state index >= 15 is 0 Å². The number of aromatic nitrogens is 1. The van der Waals surface area contributed by atoms with Crippen LogP contribution < -0.4 is 0 Å². The van der Waals surface area contributed by atoms with Crippen molar-refractivity contribution in [2.45, 2.75) is 6.92 Å². The fourth-order valence-electron chi connectivity index (χ4n) is 1.22. The second-order valence-electron chi connectivity index (χ2n) is 2.73. The number of nitrogens with zero attached hydrogens (tertiary/aromatic N) is 1. The molecule has 0 N–H and O–H groups in total. The molecule has 0 aliphatic rings. The number of halogens is 1. The largest absolute Gasteiger partial charge is 0.255 e. The van der Waals surface area contributed by atoms with Crippen molar-refractivity contribution in [2.75, 3.05) is 0 Å². The quantitative estimate of drug-likeness (QED) is 0.666. The molecular weight excluding hydrogens is 214 g/mol. The third-order valence-corrected chi connectivity index (χ3v) is 2.23. The van der Waals surface area contributed by atoms with E-state index in [1.54, 1.807) is 0 Å². The predicted octanol–water partition coefficient (Wildman–Crippen LogP) is 3.11. The maximum absolute atomic E-state index is 4.31. The normalized spacial score (nSPS) is 10.5. The molecule has 0 spiro atoms. The standard InChI is InChI=1S/C10H7BrN/c1-7-3-2-4-8-5-9(11)6-12-10(7)8/h3-6H,1H3. The van der Waals surface area contributed by atoms with E-state index < -0.39 is 0 Å². The second-order valence-corrected chi connectivity index (χ2v) is 3.65.